The van der Waals surface area contributed by atoms with Crippen LogP contribution in [0.3, 0.4) is 0 Å². The number of aliphatic imine (C=N–C) groups is 1. The number of imide groups is 1. The largest absolute Gasteiger partial charge is 0.497 e. The molecule has 30 heavy (non-hydrogen) atoms. The Bertz CT molecular complexity index is 1100. The van der Waals surface area contributed by atoms with Crippen molar-refractivity contribution in [1.29, 1.82) is 0 Å². The summed E-state index contributed by atoms with van der Waals surface area (Å²) in [6.45, 7) is 0. The molecular formula is C22H21N5O3. The summed E-state index contributed by atoms with van der Waals surface area (Å²) in [5.74, 6) is 1.07. The zero-order chi connectivity index (χ0) is 21.0. The van der Waals surface area contributed by atoms with Crippen LogP contribution in [0.1, 0.15) is 5.56 Å². The monoisotopic (exact) mass is 403 g/mol. The topological polar surface area (TPSA) is 68.7 Å². The summed E-state index contributed by atoms with van der Waals surface area (Å²) in [4.78, 5) is 36.8. The molecule has 2 unspecified atom stereocenters. The lowest BCUT2D eigenvalue weighted by Gasteiger charge is -2.38. The van der Waals surface area contributed by atoms with E-state index in [2.05, 4.69) is 0 Å². The molecule has 0 bridgehead atoms. The quantitative estimate of drug-likeness (QED) is 0.787. The second-order valence-electron chi connectivity index (χ2n) is 7.40. The van der Waals surface area contributed by atoms with Gasteiger partial charge in [0.05, 0.1) is 18.5 Å². The number of guanidine groups is 1. The van der Waals surface area contributed by atoms with E-state index in [1.54, 1.807) is 14.2 Å². The molecule has 0 aromatic heterocycles. The van der Waals surface area contributed by atoms with Crippen LogP contribution >= 0.6 is 0 Å². The molecule has 2 aromatic carbocycles. The molecule has 0 spiro atoms. The van der Waals surface area contributed by atoms with Crippen molar-refractivity contribution in [2.45, 2.75) is 12.2 Å². The standard InChI is InChI=1S/C22H21N5O3/c1-24-19-18(20(28)25(2)22(24)29)26-13-17(14-8-5-4-6-9-14)27(21(26)23-19)15-10-7-11-16(12-15)30-3/h4-13,18-19H,1-3H3. The molecule has 2 atom stereocenters. The van der Waals surface area contributed by atoms with Crippen LogP contribution in [-0.4, -0.2) is 66.0 Å². The van der Waals surface area contributed by atoms with E-state index in [1.807, 2.05) is 70.6 Å². The minimum absolute atomic E-state index is 0.266. The number of fused-ring (bicyclic) bond motifs is 3. The molecule has 3 aliphatic rings. The number of carbonyl (C=O) groups excluding carboxylic acids is 2. The Hall–Kier alpha value is -3.81. The lowest BCUT2D eigenvalue weighted by atomic mass is 10.1. The van der Waals surface area contributed by atoms with Gasteiger partial charge in [-0.2, -0.15) is 0 Å². The molecule has 0 aliphatic carbocycles. The summed E-state index contributed by atoms with van der Waals surface area (Å²) in [7, 11) is 4.81. The summed E-state index contributed by atoms with van der Waals surface area (Å²) < 4.78 is 5.41. The fourth-order valence-corrected chi connectivity index (χ4v) is 4.14. The summed E-state index contributed by atoms with van der Waals surface area (Å²) >= 11 is 0. The highest BCUT2D eigenvalue weighted by Crippen LogP contribution is 2.40. The van der Waals surface area contributed by atoms with Gasteiger partial charge < -0.3 is 9.64 Å². The molecule has 3 heterocycles. The Balaban J connectivity index is 1.65. The molecule has 0 saturated carbocycles. The molecule has 0 N–H and O–H groups in total. The number of amides is 3. The number of benzene rings is 2. The van der Waals surface area contributed by atoms with Crippen LogP contribution in [0.25, 0.3) is 5.70 Å². The number of rotatable bonds is 3. The van der Waals surface area contributed by atoms with Crippen LogP contribution in [0, 0.1) is 0 Å². The van der Waals surface area contributed by atoms with Gasteiger partial charge in [-0.05, 0) is 12.1 Å². The molecule has 1 fully saturated rings. The Morgan fingerprint density at radius 1 is 1.00 bits per heavy atom. The van der Waals surface area contributed by atoms with E-state index in [1.165, 1.54) is 11.9 Å². The first-order chi connectivity index (χ1) is 14.5. The van der Waals surface area contributed by atoms with Gasteiger partial charge >= 0.3 is 6.03 Å². The van der Waals surface area contributed by atoms with Crippen molar-refractivity contribution in [1.82, 2.24) is 14.7 Å². The van der Waals surface area contributed by atoms with Crippen LogP contribution in [0.5, 0.6) is 5.75 Å². The molecule has 3 amide bonds. The smallest absolute Gasteiger partial charge is 0.328 e. The highest BCUT2D eigenvalue weighted by Gasteiger charge is 2.54. The first-order valence-corrected chi connectivity index (χ1v) is 9.63. The van der Waals surface area contributed by atoms with Gasteiger partial charge in [0, 0.05) is 31.9 Å². The predicted octanol–water partition coefficient (Wildman–Crippen LogP) is 2.40. The Labute approximate surface area is 174 Å². The van der Waals surface area contributed by atoms with Gasteiger partial charge in [0.2, 0.25) is 5.96 Å². The second-order valence-corrected chi connectivity index (χ2v) is 7.40. The van der Waals surface area contributed by atoms with E-state index >= 15 is 0 Å². The number of urea groups is 1. The predicted molar refractivity (Wildman–Crippen MR) is 113 cm³/mol. The second kappa shape index (κ2) is 6.62. The average Bonchev–Trinajstić information content (AvgIpc) is 3.33. The number of anilines is 1. The maximum absolute atomic E-state index is 13.0. The first kappa shape index (κ1) is 18.2. The van der Waals surface area contributed by atoms with Gasteiger partial charge in [-0.15, -0.1) is 0 Å². The van der Waals surface area contributed by atoms with E-state index in [0.29, 0.717) is 5.96 Å². The minimum Gasteiger partial charge on any atom is -0.497 e. The van der Waals surface area contributed by atoms with Crippen molar-refractivity contribution < 1.29 is 14.3 Å². The SMILES string of the molecule is COc1cccc(N2C(c3ccccc3)=CN3C2=NC2C3C(=O)N(C)C(=O)N2C)c1. The third kappa shape index (κ3) is 2.50. The summed E-state index contributed by atoms with van der Waals surface area (Å²) in [5.41, 5.74) is 2.75. The maximum Gasteiger partial charge on any atom is 0.328 e. The average molecular weight is 403 g/mol. The van der Waals surface area contributed by atoms with E-state index in [4.69, 9.17) is 9.73 Å². The normalized spacial score (nSPS) is 22.8. The van der Waals surface area contributed by atoms with Crippen LogP contribution in [0.2, 0.25) is 0 Å². The van der Waals surface area contributed by atoms with Crippen LogP contribution in [0.15, 0.2) is 65.8 Å². The van der Waals surface area contributed by atoms with Gasteiger partial charge in [-0.3, -0.25) is 19.5 Å². The lowest BCUT2D eigenvalue weighted by Crippen LogP contribution is -2.63. The Morgan fingerprint density at radius 2 is 1.77 bits per heavy atom. The Morgan fingerprint density at radius 3 is 2.50 bits per heavy atom. The molecule has 0 radical (unpaired) electrons. The van der Waals surface area contributed by atoms with Gasteiger partial charge in [0.1, 0.15) is 5.75 Å². The zero-order valence-corrected chi connectivity index (χ0v) is 16.9. The number of ether oxygens (including phenoxy) is 1. The third-order valence-electron chi connectivity index (χ3n) is 5.71. The highest BCUT2D eigenvalue weighted by molar-refractivity contribution is 6.16. The van der Waals surface area contributed by atoms with E-state index in [-0.39, 0.29) is 11.9 Å². The number of hydrogen-bond donors (Lipinski definition) is 0. The summed E-state index contributed by atoms with van der Waals surface area (Å²) in [6, 6.07) is 16.7. The summed E-state index contributed by atoms with van der Waals surface area (Å²) in [6.07, 6.45) is 1.37. The van der Waals surface area contributed by atoms with Gasteiger partial charge in [0.25, 0.3) is 5.91 Å². The number of likely N-dealkylation sites (N-methyl/N-ethyl adjacent to an activating group) is 2. The Kier molecular flexibility index (Phi) is 4.02. The molecule has 1 saturated heterocycles. The van der Waals surface area contributed by atoms with E-state index in [9.17, 15) is 9.59 Å². The van der Waals surface area contributed by atoms with Gasteiger partial charge in [-0.1, -0.05) is 36.4 Å². The molecule has 8 nitrogen and oxygen atoms in total. The third-order valence-corrected chi connectivity index (χ3v) is 5.71. The van der Waals surface area contributed by atoms with E-state index in [0.717, 1.165) is 27.6 Å². The molecule has 8 heteroatoms. The number of carbonyl (C=O) groups is 2. The number of methoxy groups -OCH3 is 1. The number of nitrogens with zero attached hydrogens (tertiary/aromatic N) is 5. The molecule has 5 rings (SSSR count). The van der Waals surface area contributed by atoms with Crippen LogP contribution in [-0.2, 0) is 4.79 Å². The fraction of sp³-hybridized carbons (Fsp3) is 0.227. The van der Waals surface area contributed by atoms with Crippen molar-refractivity contribution in [3.8, 4) is 5.75 Å². The maximum atomic E-state index is 13.0. The van der Waals surface area contributed by atoms with Crippen molar-refractivity contribution in [2.75, 3.05) is 26.1 Å². The first-order valence-electron chi connectivity index (χ1n) is 9.63. The van der Waals surface area contributed by atoms with Crippen LogP contribution < -0.4 is 9.64 Å². The van der Waals surface area contributed by atoms with Gasteiger partial charge in [-0.25, -0.2) is 9.79 Å². The molecule has 2 aromatic rings. The molecule has 152 valence electrons. The highest BCUT2D eigenvalue weighted by atomic mass is 16.5. The molecular weight excluding hydrogens is 382 g/mol. The van der Waals surface area contributed by atoms with Crippen molar-refractivity contribution >= 4 is 29.3 Å². The van der Waals surface area contributed by atoms with Crippen molar-refractivity contribution in [3.05, 3.63) is 66.4 Å². The minimum atomic E-state index is -0.595. The lowest BCUT2D eigenvalue weighted by molar-refractivity contribution is -0.135. The van der Waals surface area contributed by atoms with E-state index < -0.39 is 12.2 Å². The van der Waals surface area contributed by atoms with Gasteiger partial charge in [0.15, 0.2) is 12.2 Å². The van der Waals surface area contributed by atoms with Crippen LogP contribution in [0.4, 0.5) is 10.5 Å². The summed E-state index contributed by atoms with van der Waals surface area (Å²) in [5, 5.41) is 0. The zero-order valence-electron chi connectivity index (χ0n) is 16.9. The number of hydrogen-bond acceptors (Lipinski definition) is 6. The van der Waals surface area contributed by atoms with Crippen molar-refractivity contribution in [2.24, 2.45) is 4.99 Å². The molecule has 3 aliphatic heterocycles. The fourth-order valence-electron chi connectivity index (χ4n) is 4.14. The van der Waals surface area contributed by atoms with Crippen molar-refractivity contribution in [3.63, 3.8) is 0 Å².